The highest BCUT2D eigenvalue weighted by Gasteiger charge is 2.23. The Balaban J connectivity index is 1.91. The Labute approximate surface area is 180 Å². The molecule has 0 radical (unpaired) electrons. The van der Waals surface area contributed by atoms with Crippen molar-refractivity contribution in [2.75, 3.05) is 30.4 Å². The van der Waals surface area contributed by atoms with Crippen molar-refractivity contribution in [2.24, 2.45) is 0 Å². The van der Waals surface area contributed by atoms with Crippen LogP contribution in [0, 0.1) is 0 Å². The molecule has 2 aromatic rings. The zero-order chi connectivity index (χ0) is 22.6. The zero-order valence-corrected chi connectivity index (χ0v) is 17.9. The van der Waals surface area contributed by atoms with Crippen molar-refractivity contribution in [3.8, 4) is 0 Å². The minimum atomic E-state index is -4.10. The van der Waals surface area contributed by atoms with Crippen LogP contribution < -0.4 is 9.62 Å². The summed E-state index contributed by atoms with van der Waals surface area (Å²) in [5, 5.41) is 0. The number of amides is 1. The molecule has 3 rings (SSSR count). The topological polar surface area (TPSA) is 119 Å². The van der Waals surface area contributed by atoms with Gasteiger partial charge in [0.2, 0.25) is 5.91 Å². The molecular weight excluding hydrogens is 424 g/mol. The average molecular weight is 446 g/mol. The number of piperidine rings is 1. The van der Waals surface area contributed by atoms with Crippen LogP contribution in [0.3, 0.4) is 0 Å². The summed E-state index contributed by atoms with van der Waals surface area (Å²) in [5.41, 5.74) is 0.498. The Morgan fingerprint density at radius 2 is 1.65 bits per heavy atom. The second-order valence-corrected chi connectivity index (χ2v) is 8.53. The van der Waals surface area contributed by atoms with E-state index in [1.807, 2.05) is 0 Å². The second kappa shape index (κ2) is 9.17. The van der Waals surface area contributed by atoms with Crippen molar-refractivity contribution in [2.45, 2.75) is 24.2 Å². The largest absolute Gasteiger partial charge is 0.465 e. The normalized spacial score (nSPS) is 14.1. The van der Waals surface area contributed by atoms with Gasteiger partial charge in [0.1, 0.15) is 0 Å². The minimum Gasteiger partial charge on any atom is -0.465 e. The third-order valence-corrected chi connectivity index (χ3v) is 6.25. The van der Waals surface area contributed by atoms with E-state index in [1.54, 1.807) is 17.0 Å². The predicted molar refractivity (Wildman–Crippen MR) is 113 cm³/mol. The number of sulfonamides is 1. The molecule has 1 saturated heterocycles. The molecular formula is C21H22N2O7S. The van der Waals surface area contributed by atoms with E-state index in [1.165, 1.54) is 37.4 Å². The van der Waals surface area contributed by atoms with Gasteiger partial charge in [-0.3, -0.25) is 9.52 Å². The fourth-order valence-corrected chi connectivity index (χ4v) is 4.32. The predicted octanol–water partition coefficient (Wildman–Crippen LogP) is 2.58. The van der Waals surface area contributed by atoms with E-state index in [4.69, 9.17) is 0 Å². The Hall–Kier alpha value is -3.40. The van der Waals surface area contributed by atoms with Crippen LogP contribution in [0.5, 0.6) is 0 Å². The number of ether oxygens (including phenoxy) is 2. The molecule has 31 heavy (non-hydrogen) atoms. The molecule has 10 heteroatoms. The van der Waals surface area contributed by atoms with Crippen molar-refractivity contribution in [1.82, 2.24) is 0 Å². The molecule has 1 fully saturated rings. The van der Waals surface area contributed by atoms with Crippen molar-refractivity contribution in [3.05, 3.63) is 53.6 Å². The second-order valence-electron chi connectivity index (χ2n) is 6.85. The number of benzene rings is 2. The number of carbonyl (C=O) groups is 3. The van der Waals surface area contributed by atoms with E-state index >= 15 is 0 Å². The van der Waals surface area contributed by atoms with Crippen LogP contribution in [0.15, 0.2) is 47.4 Å². The highest BCUT2D eigenvalue weighted by molar-refractivity contribution is 7.92. The summed E-state index contributed by atoms with van der Waals surface area (Å²) in [6.07, 6.45) is 2.20. The van der Waals surface area contributed by atoms with Crippen LogP contribution in [0.1, 0.15) is 40.0 Å². The highest BCUT2D eigenvalue weighted by atomic mass is 32.2. The molecule has 0 aromatic heterocycles. The molecule has 0 atom stereocenters. The number of hydrogen-bond acceptors (Lipinski definition) is 7. The van der Waals surface area contributed by atoms with Gasteiger partial charge in [0.25, 0.3) is 10.0 Å². The molecule has 164 valence electrons. The molecule has 0 aliphatic carbocycles. The Kier molecular flexibility index (Phi) is 6.59. The number of rotatable bonds is 6. The minimum absolute atomic E-state index is 0.00215. The van der Waals surface area contributed by atoms with Gasteiger partial charge in [0.15, 0.2) is 0 Å². The summed E-state index contributed by atoms with van der Waals surface area (Å²) < 4.78 is 37.5. The van der Waals surface area contributed by atoms with Crippen LogP contribution in [0.2, 0.25) is 0 Å². The van der Waals surface area contributed by atoms with Gasteiger partial charge in [0, 0.05) is 18.7 Å². The quantitative estimate of drug-likeness (QED) is 0.677. The van der Waals surface area contributed by atoms with Gasteiger partial charge >= 0.3 is 11.9 Å². The first-order valence-corrected chi connectivity index (χ1v) is 11.0. The third-order valence-electron chi connectivity index (χ3n) is 4.87. The maximum atomic E-state index is 12.9. The van der Waals surface area contributed by atoms with Crippen LogP contribution in [-0.2, 0) is 24.3 Å². The first-order chi connectivity index (χ1) is 14.8. The Morgan fingerprint density at radius 3 is 2.26 bits per heavy atom. The summed E-state index contributed by atoms with van der Waals surface area (Å²) in [6.45, 7) is 0.589. The fraction of sp³-hybridized carbons (Fsp3) is 0.286. The van der Waals surface area contributed by atoms with E-state index < -0.39 is 22.0 Å². The summed E-state index contributed by atoms with van der Waals surface area (Å²) in [5.74, 6) is -1.46. The molecule has 0 spiro atoms. The lowest BCUT2D eigenvalue weighted by Crippen LogP contribution is -2.35. The van der Waals surface area contributed by atoms with Gasteiger partial charge < -0.3 is 14.4 Å². The average Bonchev–Trinajstić information content (AvgIpc) is 2.78. The summed E-state index contributed by atoms with van der Waals surface area (Å²) >= 11 is 0. The number of nitrogens with one attached hydrogen (secondary N) is 1. The molecule has 0 saturated carbocycles. The highest BCUT2D eigenvalue weighted by Crippen LogP contribution is 2.26. The van der Waals surface area contributed by atoms with E-state index in [0.29, 0.717) is 18.7 Å². The maximum absolute atomic E-state index is 12.9. The zero-order valence-electron chi connectivity index (χ0n) is 17.1. The number of methoxy groups -OCH3 is 2. The van der Waals surface area contributed by atoms with Crippen molar-refractivity contribution in [1.29, 1.82) is 0 Å². The molecule has 9 nitrogen and oxygen atoms in total. The summed E-state index contributed by atoms with van der Waals surface area (Å²) in [6, 6.07) is 9.69. The fourth-order valence-electron chi connectivity index (χ4n) is 3.25. The lowest BCUT2D eigenvalue weighted by Gasteiger charge is -2.26. The number of carbonyl (C=O) groups excluding carboxylic acids is 3. The van der Waals surface area contributed by atoms with E-state index in [9.17, 15) is 22.8 Å². The summed E-state index contributed by atoms with van der Waals surface area (Å²) in [7, 11) is -1.75. The van der Waals surface area contributed by atoms with Gasteiger partial charge in [0.05, 0.1) is 35.9 Å². The third kappa shape index (κ3) is 4.85. The van der Waals surface area contributed by atoms with Gasteiger partial charge in [-0.05, 0) is 55.3 Å². The lowest BCUT2D eigenvalue weighted by atomic mass is 10.1. The van der Waals surface area contributed by atoms with Crippen LogP contribution in [0.4, 0.5) is 11.4 Å². The standard InChI is InChI=1S/C21H22N2O7S/c1-29-20(25)14-6-11-17(21(26)30-2)18(13-14)22-31(27,28)16-9-7-15(8-10-16)23-12-4-3-5-19(23)24/h6-11,13,22H,3-5,12H2,1-2H3. The van der Waals surface area contributed by atoms with Crippen molar-refractivity contribution in [3.63, 3.8) is 0 Å². The van der Waals surface area contributed by atoms with E-state index in [2.05, 4.69) is 14.2 Å². The van der Waals surface area contributed by atoms with Gasteiger partial charge in [-0.25, -0.2) is 18.0 Å². The van der Waals surface area contributed by atoms with Gasteiger partial charge in [-0.1, -0.05) is 0 Å². The van der Waals surface area contributed by atoms with Crippen LogP contribution in [-0.4, -0.2) is 47.0 Å². The number of hydrogen-bond donors (Lipinski definition) is 1. The van der Waals surface area contributed by atoms with Crippen LogP contribution >= 0.6 is 0 Å². The lowest BCUT2D eigenvalue weighted by molar-refractivity contribution is -0.119. The molecule has 1 N–H and O–H groups in total. The monoisotopic (exact) mass is 446 g/mol. The SMILES string of the molecule is COC(=O)c1ccc(C(=O)OC)c(NS(=O)(=O)c2ccc(N3CCCCC3=O)cc2)c1. The molecule has 0 bridgehead atoms. The molecule has 1 heterocycles. The maximum Gasteiger partial charge on any atom is 0.339 e. The van der Waals surface area contributed by atoms with Gasteiger partial charge in [-0.15, -0.1) is 0 Å². The first-order valence-electron chi connectivity index (χ1n) is 9.51. The first kappa shape index (κ1) is 22.3. The number of esters is 2. The number of anilines is 2. The van der Waals surface area contributed by atoms with Crippen molar-refractivity contribution >= 4 is 39.2 Å². The molecule has 1 amide bonds. The molecule has 0 unspecified atom stereocenters. The number of nitrogens with zero attached hydrogens (tertiary/aromatic N) is 1. The Morgan fingerprint density at radius 1 is 0.968 bits per heavy atom. The molecule has 1 aliphatic heterocycles. The van der Waals surface area contributed by atoms with Crippen LogP contribution in [0.25, 0.3) is 0 Å². The summed E-state index contributed by atoms with van der Waals surface area (Å²) in [4.78, 5) is 37.5. The molecule has 2 aromatic carbocycles. The smallest absolute Gasteiger partial charge is 0.339 e. The van der Waals surface area contributed by atoms with E-state index in [0.717, 1.165) is 20.0 Å². The molecule has 1 aliphatic rings. The Bertz CT molecular complexity index is 1110. The van der Waals surface area contributed by atoms with Crippen molar-refractivity contribution < 1.29 is 32.3 Å². The van der Waals surface area contributed by atoms with E-state index in [-0.39, 0.29) is 27.6 Å². The van der Waals surface area contributed by atoms with Gasteiger partial charge in [-0.2, -0.15) is 0 Å².